The Morgan fingerprint density at radius 1 is 1.47 bits per heavy atom. The molecule has 2 N–H and O–H groups in total. The molecule has 0 saturated heterocycles. The van der Waals surface area contributed by atoms with Crippen LogP contribution < -0.4 is 5.32 Å². The summed E-state index contributed by atoms with van der Waals surface area (Å²) in [5.74, 6) is -0.626. The predicted octanol–water partition coefficient (Wildman–Crippen LogP) is 2.89. The van der Waals surface area contributed by atoms with Gasteiger partial charge in [-0.15, -0.1) is 0 Å². The zero-order chi connectivity index (χ0) is 14.0. The molecule has 1 saturated carbocycles. The summed E-state index contributed by atoms with van der Waals surface area (Å²) in [7, 11) is 0. The van der Waals surface area contributed by atoms with Crippen molar-refractivity contribution >= 4 is 17.3 Å². The molecule has 102 valence electrons. The fourth-order valence-electron chi connectivity index (χ4n) is 2.53. The standard InChI is InChI=1S/C13H16N2O4/c1-8-2-3-9(6-8)14-10-4-5-11(13(16)17)12(7-10)15(18)19/h4-5,7-9,14H,2-3,6H2,1H3,(H,16,17). The second-order valence-electron chi connectivity index (χ2n) is 5.05. The number of nitrogens with one attached hydrogen (secondary N) is 1. The van der Waals surface area contributed by atoms with Crippen LogP contribution in [0.1, 0.15) is 36.5 Å². The lowest BCUT2D eigenvalue weighted by Crippen LogP contribution is -2.15. The smallest absolute Gasteiger partial charge is 0.342 e. The number of carbonyl (C=O) groups is 1. The first-order chi connectivity index (χ1) is 8.97. The van der Waals surface area contributed by atoms with Crippen molar-refractivity contribution < 1.29 is 14.8 Å². The van der Waals surface area contributed by atoms with Gasteiger partial charge in [0.15, 0.2) is 0 Å². The van der Waals surface area contributed by atoms with Gasteiger partial charge < -0.3 is 10.4 Å². The zero-order valence-electron chi connectivity index (χ0n) is 10.6. The maximum absolute atomic E-state index is 10.9. The van der Waals surface area contributed by atoms with E-state index in [0.29, 0.717) is 17.6 Å². The summed E-state index contributed by atoms with van der Waals surface area (Å²) in [6.45, 7) is 2.18. The second kappa shape index (κ2) is 5.26. The van der Waals surface area contributed by atoms with Crippen molar-refractivity contribution in [2.24, 2.45) is 5.92 Å². The Labute approximate surface area is 110 Å². The van der Waals surface area contributed by atoms with Crippen LogP contribution in [0, 0.1) is 16.0 Å². The molecule has 1 fully saturated rings. The van der Waals surface area contributed by atoms with Crippen molar-refractivity contribution in [1.29, 1.82) is 0 Å². The van der Waals surface area contributed by atoms with Gasteiger partial charge in [-0.3, -0.25) is 10.1 Å². The van der Waals surface area contributed by atoms with Crippen molar-refractivity contribution in [3.63, 3.8) is 0 Å². The van der Waals surface area contributed by atoms with E-state index in [0.717, 1.165) is 19.3 Å². The molecule has 6 nitrogen and oxygen atoms in total. The van der Waals surface area contributed by atoms with Crippen molar-refractivity contribution in [1.82, 2.24) is 0 Å². The van der Waals surface area contributed by atoms with Gasteiger partial charge in [-0.2, -0.15) is 0 Å². The van der Waals surface area contributed by atoms with Crippen LogP contribution in [0.25, 0.3) is 0 Å². The van der Waals surface area contributed by atoms with Crippen LogP contribution in [0.4, 0.5) is 11.4 Å². The van der Waals surface area contributed by atoms with E-state index in [1.165, 1.54) is 12.1 Å². The Bertz CT molecular complexity index is 515. The fourth-order valence-corrected chi connectivity index (χ4v) is 2.53. The SMILES string of the molecule is CC1CCC(Nc2ccc(C(=O)O)c([N+](=O)[O-])c2)C1. The van der Waals surface area contributed by atoms with Crippen LogP contribution in [-0.4, -0.2) is 22.0 Å². The molecule has 1 aliphatic carbocycles. The van der Waals surface area contributed by atoms with Crippen molar-refractivity contribution in [3.8, 4) is 0 Å². The van der Waals surface area contributed by atoms with Crippen molar-refractivity contribution in [2.75, 3.05) is 5.32 Å². The van der Waals surface area contributed by atoms with E-state index in [1.807, 2.05) is 0 Å². The average molecular weight is 264 g/mol. The molecule has 0 amide bonds. The van der Waals surface area contributed by atoms with Crippen LogP contribution in [-0.2, 0) is 0 Å². The first-order valence-electron chi connectivity index (χ1n) is 6.25. The lowest BCUT2D eigenvalue weighted by atomic mass is 10.1. The van der Waals surface area contributed by atoms with Gasteiger partial charge in [0.25, 0.3) is 5.69 Å². The maximum Gasteiger partial charge on any atom is 0.342 e. The number of nitro groups is 1. The average Bonchev–Trinajstić information content (AvgIpc) is 2.74. The summed E-state index contributed by atoms with van der Waals surface area (Å²) in [5.41, 5.74) is -0.0466. The molecule has 0 heterocycles. The van der Waals surface area contributed by atoms with Gasteiger partial charge in [-0.1, -0.05) is 6.92 Å². The van der Waals surface area contributed by atoms with E-state index >= 15 is 0 Å². The number of nitrogens with zero attached hydrogens (tertiary/aromatic N) is 1. The largest absolute Gasteiger partial charge is 0.477 e. The van der Waals surface area contributed by atoms with Crippen molar-refractivity contribution in [3.05, 3.63) is 33.9 Å². The van der Waals surface area contributed by atoms with E-state index in [2.05, 4.69) is 12.2 Å². The molecule has 2 atom stereocenters. The second-order valence-corrected chi connectivity index (χ2v) is 5.05. The van der Waals surface area contributed by atoms with E-state index < -0.39 is 10.9 Å². The highest BCUT2D eigenvalue weighted by atomic mass is 16.6. The molecule has 1 aromatic carbocycles. The number of anilines is 1. The van der Waals surface area contributed by atoms with Gasteiger partial charge in [0.1, 0.15) is 5.56 Å². The Kier molecular flexibility index (Phi) is 3.69. The quantitative estimate of drug-likeness (QED) is 0.644. The summed E-state index contributed by atoms with van der Waals surface area (Å²) < 4.78 is 0. The van der Waals surface area contributed by atoms with E-state index in [4.69, 9.17) is 5.11 Å². The minimum atomic E-state index is -1.28. The van der Waals surface area contributed by atoms with E-state index in [-0.39, 0.29) is 11.3 Å². The highest BCUT2D eigenvalue weighted by molar-refractivity contribution is 5.93. The highest BCUT2D eigenvalue weighted by Gasteiger charge is 2.23. The Balaban J connectivity index is 2.21. The first kappa shape index (κ1) is 13.3. The first-order valence-corrected chi connectivity index (χ1v) is 6.25. The summed E-state index contributed by atoms with van der Waals surface area (Å²) in [6, 6.07) is 4.47. The van der Waals surface area contributed by atoms with Gasteiger partial charge in [-0.05, 0) is 37.3 Å². The Morgan fingerprint density at radius 3 is 2.74 bits per heavy atom. The molecule has 1 aromatic rings. The number of hydrogen-bond donors (Lipinski definition) is 2. The van der Waals surface area contributed by atoms with Crippen LogP contribution in [0.5, 0.6) is 0 Å². The monoisotopic (exact) mass is 264 g/mol. The van der Waals surface area contributed by atoms with Crippen LogP contribution in [0.2, 0.25) is 0 Å². The van der Waals surface area contributed by atoms with Gasteiger partial charge in [0.2, 0.25) is 0 Å². The maximum atomic E-state index is 10.9. The molecule has 2 unspecified atom stereocenters. The number of carboxylic acid groups (broad SMARTS) is 1. The molecule has 0 bridgehead atoms. The van der Waals surface area contributed by atoms with E-state index in [1.54, 1.807) is 6.07 Å². The lowest BCUT2D eigenvalue weighted by Gasteiger charge is -2.14. The molecular weight excluding hydrogens is 248 g/mol. The normalized spacial score (nSPS) is 22.2. The van der Waals surface area contributed by atoms with Gasteiger partial charge >= 0.3 is 5.97 Å². The third-order valence-electron chi connectivity index (χ3n) is 3.49. The number of rotatable bonds is 4. The Morgan fingerprint density at radius 2 is 2.21 bits per heavy atom. The summed E-state index contributed by atoms with van der Waals surface area (Å²) in [4.78, 5) is 21.1. The Hall–Kier alpha value is -2.11. The number of benzene rings is 1. The molecule has 2 rings (SSSR count). The van der Waals surface area contributed by atoms with Crippen LogP contribution in [0.15, 0.2) is 18.2 Å². The topological polar surface area (TPSA) is 92.5 Å². The molecule has 6 heteroatoms. The number of carboxylic acids is 1. The third kappa shape index (κ3) is 3.01. The molecular formula is C13H16N2O4. The zero-order valence-corrected chi connectivity index (χ0v) is 10.6. The molecule has 0 radical (unpaired) electrons. The van der Waals surface area contributed by atoms with Gasteiger partial charge in [0, 0.05) is 17.8 Å². The minimum absolute atomic E-state index is 0.282. The summed E-state index contributed by atoms with van der Waals surface area (Å²) >= 11 is 0. The van der Waals surface area contributed by atoms with Crippen molar-refractivity contribution in [2.45, 2.75) is 32.2 Å². The lowest BCUT2D eigenvalue weighted by molar-refractivity contribution is -0.385. The minimum Gasteiger partial charge on any atom is -0.477 e. The van der Waals surface area contributed by atoms with Crippen LogP contribution >= 0.6 is 0 Å². The van der Waals surface area contributed by atoms with Crippen LogP contribution in [0.3, 0.4) is 0 Å². The highest BCUT2D eigenvalue weighted by Crippen LogP contribution is 2.29. The molecule has 1 aliphatic rings. The number of aromatic carboxylic acids is 1. The van der Waals surface area contributed by atoms with Gasteiger partial charge in [-0.25, -0.2) is 4.79 Å². The fraction of sp³-hybridized carbons (Fsp3) is 0.462. The third-order valence-corrected chi connectivity index (χ3v) is 3.49. The van der Waals surface area contributed by atoms with Gasteiger partial charge in [0.05, 0.1) is 4.92 Å². The van der Waals surface area contributed by atoms with E-state index in [9.17, 15) is 14.9 Å². The molecule has 0 aliphatic heterocycles. The number of hydrogen-bond acceptors (Lipinski definition) is 4. The summed E-state index contributed by atoms with van der Waals surface area (Å²) in [6.07, 6.45) is 3.22. The number of nitro benzene ring substituents is 1. The predicted molar refractivity (Wildman–Crippen MR) is 70.5 cm³/mol. The molecule has 0 spiro atoms. The summed E-state index contributed by atoms with van der Waals surface area (Å²) in [5, 5.41) is 23.0. The molecule has 0 aromatic heterocycles. The molecule has 19 heavy (non-hydrogen) atoms.